The molecule has 1 aromatic carbocycles. The van der Waals surface area contributed by atoms with E-state index in [0.717, 1.165) is 0 Å². The zero-order valence-electron chi connectivity index (χ0n) is 10.0. The van der Waals surface area contributed by atoms with Crippen molar-refractivity contribution in [3.05, 3.63) is 29.8 Å². The molecule has 88 valence electrons. The van der Waals surface area contributed by atoms with Gasteiger partial charge in [0.05, 0.1) is 6.07 Å². The molecule has 0 bridgehead atoms. The lowest BCUT2D eigenvalue weighted by molar-refractivity contribution is 0.258. The van der Waals surface area contributed by atoms with Gasteiger partial charge in [0.15, 0.2) is 5.16 Å². The van der Waals surface area contributed by atoms with Crippen molar-refractivity contribution in [2.45, 2.75) is 12.1 Å². The molecule has 0 aliphatic rings. The molecule has 4 nitrogen and oxygen atoms in total. The van der Waals surface area contributed by atoms with E-state index in [2.05, 4.69) is 0 Å². The molecular formula is C11H13BNO3P. The molecule has 0 amide bonds. The van der Waals surface area contributed by atoms with Crippen LogP contribution in [0, 0.1) is 11.3 Å². The summed E-state index contributed by atoms with van der Waals surface area (Å²) in [6, 6.07) is 8.57. The smallest absolute Gasteiger partial charge is 0.311 e. The minimum atomic E-state index is -3.54. The van der Waals surface area contributed by atoms with Crippen LogP contribution >= 0.6 is 7.60 Å². The number of hydrogen-bond acceptors (Lipinski definition) is 4. The van der Waals surface area contributed by atoms with E-state index in [9.17, 15) is 9.83 Å². The number of rotatable bonds is 4. The van der Waals surface area contributed by atoms with Crippen LogP contribution in [0.2, 0.25) is 0 Å². The molecule has 1 atom stereocenters. The fourth-order valence-electron chi connectivity index (χ4n) is 1.53. The highest BCUT2D eigenvalue weighted by atomic mass is 31.2. The minimum Gasteiger partial charge on any atom is -0.311 e. The topological polar surface area (TPSA) is 59.3 Å². The molecule has 0 aliphatic carbocycles. The van der Waals surface area contributed by atoms with Crippen LogP contribution in [0.25, 0.3) is 0 Å². The van der Waals surface area contributed by atoms with E-state index in [1.807, 2.05) is 6.07 Å². The average molecular weight is 249 g/mol. The first kappa shape index (κ1) is 14.0. The van der Waals surface area contributed by atoms with Gasteiger partial charge in [-0.2, -0.15) is 5.26 Å². The Morgan fingerprint density at radius 1 is 1.29 bits per heavy atom. The highest BCUT2D eigenvalue weighted by Gasteiger charge is 2.48. The molecule has 0 saturated heterocycles. The molecule has 1 rings (SSSR count). The Balaban J connectivity index is 3.36. The van der Waals surface area contributed by atoms with Gasteiger partial charge in [-0.25, -0.2) is 0 Å². The van der Waals surface area contributed by atoms with Crippen molar-refractivity contribution in [1.29, 1.82) is 5.26 Å². The third-order valence-electron chi connectivity index (χ3n) is 2.72. The van der Waals surface area contributed by atoms with Gasteiger partial charge in [-0.1, -0.05) is 29.7 Å². The molecule has 6 heteroatoms. The summed E-state index contributed by atoms with van der Waals surface area (Å²) in [5, 5.41) is 7.94. The van der Waals surface area contributed by atoms with E-state index in [1.54, 1.807) is 24.3 Å². The van der Waals surface area contributed by atoms with Gasteiger partial charge in [0.1, 0.15) is 7.85 Å². The number of hydrogen-bond donors (Lipinski definition) is 0. The van der Waals surface area contributed by atoms with Crippen LogP contribution in [0.3, 0.4) is 0 Å². The lowest BCUT2D eigenvalue weighted by atomic mass is 9.92. The molecule has 0 aliphatic heterocycles. The molecule has 1 aromatic rings. The van der Waals surface area contributed by atoms with E-state index in [0.29, 0.717) is 11.0 Å². The van der Waals surface area contributed by atoms with E-state index in [-0.39, 0.29) is 0 Å². The standard InChI is InChI=1S/C11H13BNO3P/c1-11(8-13,17(14,15-2)16-3)9-4-6-10(12)7-5-9/h4-7H,1-3H3. The Morgan fingerprint density at radius 2 is 1.76 bits per heavy atom. The van der Waals surface area contributed by atoms with E-state index in [4.69, 9.17) is 16.9 Å². The maximum atomic E-state index is 12.4. The van der Waals surface area contributed by atoms with Crippen molar-refractivity contribution in [3.63, 3.8) is 0 Å². The Hall–Kier alpha value is -1.08. The second-order valence-corrected chi connectivity index (χ2v) is 6.29. The Kier molecular flexibility index (Phi) is 4.16. The van der Waals surface area contributed by atoms with Gasteiger partial charge in [0, 0.05) is 14.2 Å². The molecule has 0 fully saturated rings. The Morgan fingerprint density at radius 3 is 2.12 bits per heavy atom. The molecule has 1 unspecified atom stereocenters. The fraction of sp³-hybridized carbons (Fsp3) is 0.364. The molecule has 0 N–H and O–H groups in total. The molecule has 0 aromatic heterocycles. The third-order valence-corrected chi connectivity index (χ3v) is 5.13. The number of nitriles is 1. The van der Waals surface area contributed by atoms with Crippen LogP contribution in [0.5, 0.6) is 0 Å². The van der Waals surface area contributed by atoms with Gasteiger partial charge in [-0.05, 0) is 12.5 Å². The van der Waals surface area contributed by atoms with Crippen LogP contribution in [-0.2, 0) is 18.8 Å². The first-order valence-electron chi connectivity index (χ1n) is 4.92. The predicted molar refractivity (Wildman–Crippen MR) is 66.4 cm³/mol. The molecule has 0 saturated carbocycles. The first-order chi connectivity index (χ1) is 7.93. The number of nitrogens with zero attached hydrogens (tertiary/aromatic N) is 1. The second-order valence-electron chi connectivity index (χ2n) is 3.67. The lowest BCUT2D eigenvalue weighted by Crippen LogP contribution is -2.22. The summed E-state index contributed by atoms with van der Waals surface area (Å²) in [6.07, 6.45) is 0. The molecule has 0 heterocycles. The van der Waals surface area contributed by atoms with Crippen molar-refractivity contribution < 1.29 is 13.6 Å². The highest BCUT2D eigenvalue weighted by molar-refractivity contribution is 7.55. The van der Waals surface area contributed by atoms with Crippen LogP contribution in [0.1, 0.15) is 12.5 Å². The van der Waals surface area contributed by atoms with Crippen LogP contribution in [-0.4, -0.2) is 22.1 Å². The first-order valence-corrected chi connectivity index (χ1v) is 6.46. The molecule has 0 spiro atoms. The average Bonchev–Trinajstić information content (AvgIpc) is 2.37. The predicted octanol–water partition coefficient (Wildman–Crippen LogP) is 1.71. The zero-order valence-corrected chi connectivity index (χ0v) is 10.9. The maximum absolute atomic E-state index is 12.4. The van der Waals surface area contributed by atoms with Crippen LogP contribution < -0.4 is 5.46 Å². The van der Waals surface area contributed by atoms with E-state index < -0.39 is 12.8 Å². The monoisotopic (exact) mass is 249 g/mol. The molecular weight excluding hydrogens is 236 g/mol. The van der Waals surface area contributed by atoms with Gasteiger partial charge in [-0.3, -0.25) is 4.57 Å². The summed E-state index contributed by atoms with van der Waals surface area (Å²) in [5.41, 5.74) is 1.11. The summed E-state index contributed by atoms with van der Waals surface area (Å²) in [4.78, 5) is 0. The van der Waals surface area contributed by atoms with Crippen molar-refractivity contribution in [3.8, 4) is 6.07 Å². The van der Waals surface area contributed by atoms with E-state index in [1.165, 1.54) is 21.1 Å². The third kappa shape index (κ3) is 2.30. The Bertz CT molecular complexity index is 474. The van der Waals surface area contributed by atoms with Crippen molar-refractivity contribution in [2.24, 2.45) is 0 Å². The van der Waals surface area contributed by atoms with Gasteiger partial charge < -0.3 is 9.05 Å². The lowest BCUT2D eigenvalue weighted by Gasteiger charge is -2.28. The maximum Gasteiger partial charge on any atom is 0.354 e. The van der Waals surface area contributed by atoms with E-state index >= 15 is 0 Å². The normalized spacial score (nSPS) is 14.9. The zero-order chi connectivity index (χ0) is 13.1. The summed E-state index contributed by atoms with van der Waals surface area (Å²) in [6.45, 7) is 1.52. The summed E-state index contributed by atoms with van der Waals surface area (Å²) < 4.78 is 22.2. The fourth-order valence-corrected chi connectivity index (χ4v) is 3.00. The Labute approximate surface area is 102 Å². The van der Waals surface area contributed by atoms with Crippen molar-refractivity contribution in [1.82, 2.24) is 0 Å². The quantitative estimate of drug-likeness (QED) is 0.601. The largest absolute Gasteiger partial charge is 0.354 e. The van der Waals surface area contributed by atoms with Crippen molar-refractivity contribution in [2.75, 3.05) is 14.2 Å². The second kappa shape index (κ2) is 5.06. The van der Waals surface area contributed by atoms with Gasteiger partial charge in [0.25, 0.3) is 0 Å². The molecule has 2 radical (unpaired) electrons. The summed E-state index contributed by atoms with van der Waals surface area (Å²) in [5.74, 6) is 0. The van der Waals surface area contributed by atoms with Gasteiger partial charge in [0.2, 0.25) is 0 Å². The SMILES string of the molecule is [B]c1ccc(C(C)(C#N)P(=O)(OC)OC)cc1. The summed E-state index contributed by atoms with van der Waals surface area (Å²) in [7, 11) is 4.55. The summed E-state index contributed by atoms with van der Waals surface area (Å²) >= 11 is 0. The highest BCUT2D eigenvalue weighted by Crippen LogP contribution is 2.63. The minimum absolute atomic E-state index is 0.543. The van der Waals surface area contributed by atoms with Crippen molar-refractivity contribution >= 4 is 20.9 Å². The van der Waals surface area contributed by atoms with Gasteiger partial charge in [-0.15, -0.1) is 0 Å². The van der Waals surface area contributed by atoms with Crippen LogP contribution in [0.15, 0.2) is 24.3 Å². The molecule has 17 heavy (non-hydrogen) atoms. The van der Waals surface area contributed by atoms with Crippen LogP contribution in [0.4, 0.5) is 0 Å². The number of benzene rings is 1. The van der Waals surface area contributed by atoms with Gasteiger partial charge >= 0.3 is 7.60 Å².